The number of carbonyl (C=O) groups excluding carboxylic acids is 4. The second kappa shape index (κ2) is 6.78. The van der Waals surface area contributed by atoms with E-state index in [-0.39, 0.29) is 44.1 Å². The Bertz CT molecular complexity index is 714. The van der Waals surface area contributed by atoms with Crippen molar-refractivity contribution in [1.82, 2.24) is 4.90 Å². The van der Waals surface area contributed by atoms with Gasteiger partial charge in [0.05, 0.1) is 19.1 Å². The van der Waals surface area contributed by atoms with Gasteiger partial charge in [0.2, 0.25) is 11.8 Å². The van der Waals surface area contributed by atoms with Gasteiger partial charge >= 0.3 is 5.97 Å². The van der Waals surface area contributed by atoms with Crippen LogP contribution < -0.4 is 0 Å². The van der Waals surface area contributed by atoms with Gasteiger partial charge in [-0.1, -0.05) is 30.3 Å². The Morgan fingerprint density at radius 3 is 2.56 bits per heavy atom. The van der Waals surface area contributed by atoms with Crippen molar-refractivity contribution in [3.63, 3.8) is 0 Å². The first-order valence-electron chi connectivity index (χ1n) is 8.59. The minimum Gasteiger partial charge on any atom is -0.465 e. The predicted octanol–water partition coefficient (Wildman–Crippen LogP) is 1.86. The first-order chi connectivity index (χ1) is 12.0. The van der Waals surface area contributed by atoms with E-state index in [1.165, 1.54) is 0 Å². The number of amides is 2. The zero-order valence-electron chi connectivity index (χ0n) is 14.2. The van der Waals surface area contributed by atoms with Crippen molar-refractivity contribution in [2.45, 2.75) is 39.2 Å². The van der Waals surface area contributed by atoms with Crippen LogP contribution in [0, 0.1) is 11.3 Å². The minimum atomic E-state index is -1.49. The lowest BCUT2D eigenvalue weighted by molar-refractivity contribution is -0.165. The van der Waals surface area contributed by atoms with Gasteiger partial charge in [0.1, 0.15) is 5.41 Å². The zero-order valence-corrected chi connectivity index (χ0v) is 14.2. The van der Waals surface area contributed by atoms with Crippen LogP contribution >= 0.6 is 0 Å². The van der Waals surface area contributed by atoms with Crippen LogP contribution in [0.5, 0.6) is 0 Å². The molecular formula is C19H21NO5. The van der Waals surface area contributed by atoms with E-state index in [9.17, 15) is 19.2 Å². The second-order valence-electron chi connectivity index (χ2n) is 6.53. The lowest BCUT2D eigenvalue weighted by atomic mass is 9.72. The molecule has 2 amide bonds. The standard InChI is InChI=1S/C19H21NO5/c1-2-25-18(24)19(10-6-9-15(19)21)14-11-16(22)20(17(14)23)12-13-7-4-3-5-8-13/h3-5,7-8,14H,2,6,9-12H2,1H3. The molecule has 2 unspecified atom stereocenters. The van der Waals surface area contributed by atoms with Gasteiger partial charge in [0.25, 0.3) is 0 Å². The third-order valence-electron chi connectivity index (χ3n) is 5.13. The van der Waals surface area contributed by atoms with Gasteiger partial charge in [-0.15, -0.1) is 0 Å². The van der Waals surface area contributed by atoms with Crippen LogP contribution in [-0.2, 0) is 30.5 Å². The van der Waals surface area contributed by atoms with E-state index in [2.05, 4.69) is 0 Å². The van der Waals surface area contributed by atoms with Gasteiger partial charge in [-0.2, -0.15) is 0 Å². The van der Waals surface area contributed by atoms with E-state index < -0.39 is 23.2 Å². The van der Waals surface area contributed by atoms with Crippen LogP contribution in [0.4, 0.5) is 0 Å². The molecule has 3 rings (SSSR count). The molecule has 1 aliphatic heterocycles. The van der Waals surface area contributed by atoms with E-state index in [0.717, 1.165) is 10.5 Å². The largest absolute Gasteiger partial charge is 0.465 e. The Kier molecular flexibility index (Phi) is 4.70. The molecule has 2 atom stereocenters. The van der Waals surface area contributed by atoms with Crippen LogP contribution in [0.25, 0.3) is 0 Å². The smallest absolute Gasteiger partial charge is 0.320 e. The first kappa shape index (κ1) is 17.3. The Hall–Kier alpha value is -2.50. The first-order valence-corrected chi connectivity index (χ1v) is 8.59. The topological polar surface area (TPSA) is 80.8 Å². The van der Waals surface area contributed by atoms with E-state index in [0.29, 0.717) is 6.42 Å². The van der Waals surface area contributed by atoms with Gasteiger partial charge in [-0.3, -0.25) is 24.1 Å². The number of esters is 1. The molecule has 1 saturated heterocycles. The number of hydrogen-bond acceptors (Lipinski definition) is 5. The van der Waals surface area contributed by atoms with E-state index in [1.54, 1.807) is 6.92 Å². The molecule has 0 radical (unpaired) electrons. The summed E-state index contributed by atoms with van der Waals surface area (Å²) in [7, 11) is 0. The molecule has 2 fully saturated rings. The van der Waals surface area contributed by atoms with Crippen molar-refractivity contribution in [2.24, 2.45) is 11.3 Å². The molecule has 6 heteroatoms. The highest BCUT2D eigenvalue weighted by molar-refractivity contribution is 6.14. The Morgan fingerprint density at radius 1 is 1.24 bits per heavy atom. The predicted molar refractivity (Wildman–Crippen MR) is 88.0 cm³/mol. The maximum atomic E-state index is 12.9. The molecular weight excluding hydrogens is 322 g/mol. The van der Waals surface area contributed by atoms with E-state index in [1.807, 2.05) is 30.3 Å². The normalized spacial score (nSPS) is 26.4. The minimum absolute atomic E-state index is 0.115. The molecule has 25 heavy (non-hydrogen) atoms. The summed E-state index contributed by atoms with van der Waals surface area (Å²) in [5.41, 5.74) is -0.665. The highest BCUT2D eigenvalue weighted by Gasteiger charge is 2.61. The van der Waals surface area contributed by atoms with Crippen molar-refractivity contribution in [2.75, 3.05) is 6.61 Å². The van der Waals surface area contributed by atoms with Gasteiger partial charge in [0, 0.05) is 12.8 Å². The van der Waals surface area contributed by atoms with Crippen LogP contribution in [0.3, 0.4) is 0 Å². The molecule has 132 valence electrons. The molecule has 0 aromatic heterocycles. The summed E-state index contributed by atoms with van der Waals surface area (Å²) in [6.45, 7) is 1.95. The molecule has 1 aromatic carbocycles. The van der Waals surface area contributed by atoms with E-state index in [4.69, 9.17) is 4.74 Å². The number of likely N-dealkylation sites (tertiary alicyclic amines) is 1. The molecule has 0 spiro atoms. The third kappa shape index (κ3) is 2.86. The fourth-order valence-corrected chi connectivity index (χ4v) is 3.88. The van der Waals surface area contributed by atoms with Crippen LogP contribution in [-0.4, -0.2) is 35.1 Å². The van der Waals surface area contributed by atoms with Gasteiger partial charge in [-0.25, -0.2) is 0 Å². The third-order valence-corrected chi connectivity index (χ3v) is 5.13. The summed E-state index contributed by atoms with van der Waals surface area (Å²) < 4.78 is 5.11. The Labute approximate surface area is 146 Å². The average Bonchev–Trinajstić information content (AvgIpc) is 3.12. The number of hydrogen-bond donors (Lipinski definition) is 0. The number of ketones is 1. The SMILES string of the molecule is CCOC(=O)C1(C2CC(=O)N(Cc3ccccc3)C2=O)CCCC1=O. The summed E-state index contributed by atoms with van der Waals surface area (Å²) in [4.78, 5) is 51.6. The fourth-order valence-electron chi connectivity index (χ4n) is 3.88. The van der Waals surface area contributed by atoms with Crippen molar-refractivity contribution in [3.05, 3.63) is 35.9 Å². The van der Waals surface area contributed by atoms with E-state index >= 15 is 0 Å². The van der Waals surface area contributed by atoms with Crippen molar-refractivity contribution in [1.29, 1.82) is 0 Å². The lowest BCUT2D eigenvalue weighted by Gasteiger charge is -2.29. The summed E-state index contributed by atoms with van der Waals surface area (Å²) >= 11 is 0. The number of nitrogens with zero attached hydrogens (tertiary/aromatic N) is 1. The van der Waals surface area contributed by atoms with Gasteiger partial charge in [0.15, 0.2) is 5.78 Å². The number of Topliss-reactive ketones (excluding diaryl/α,β-unsaturated/α-hetero) is 1. The number of carbonyl (C=O) groups is 4. The average molecular weight is 343 g/mol. The van der Waals surface area contributed by atoms with Crippen molar-refractivity contribution in [3.8, 4) is 0 Å². The molecule has 1 saturated carbocycles. The molecule has 1 heterocycles. The maximum Gasteiger partial charge on any atom is 0.320 e. The van der Waals surface area contributed by atoms with Gasteiger partial charge < -0.3 is 4.74 Å². The fraction of sp³-hybridized carbons (Fsp3) is 0.474. The lowest BCUT2D eigenvalue weighted by Crippen LogP contribution is -2.47. The summed E-state index contributed by atoms with van der Waals surface area (Å²) in [6.07, 6.45) is 0.938. The zero-order chi connectivity index (χ0) is 18.0. The van der Waals surface area contributed by atoms with Crippen LogP contribution in [0.15, 0.2) is 30.3 Å². The van der Waals surface area contributed by atoms with Gasteiger partial charge in [-0.05, 0) is 25.3 Å². The Morgan fingerprint density at radius 2 is 1.96 bits per heavy atom. The molecule has 6 nitrogen and oxygen atoms in total. The highest BCUT2D eigenvalue weighted by atomic mass is 16.5. The number of imide groups is 1. The quantitative estimate of drug-likeness (QED) is 0.463. The second-order valence-corrected chi connectivity index (χ2v) is 6.53. The molecule has 1 aliphatic carbocycles. The molecule has 1 aromatic rings. The van der Waals surface area contributed by atoms with Crippen LogP contribution in [0.1, 0.15) is 38.2 Å². The van der Waals surface area contributed by atoms with Crippen molar-refractivity contribution < 1.29 is 23.9 Å². The van der Waals surface area contributed by atoms with Crippen molar-refractivity contribution >= 4 is 23.6 Å². The highest BCUT2D eigenvalue weighted by Crippen LogP contribution is 2.47. The molecule has 0 N–H and O–H groups in total. The number of ether oxygens (including phenoxy) is 1. The summed E-state index contributed by atoms with van der Waals surface area (Å²) in [6, 6.07) is 9.18. The molecule has 2 aliphatic rings. The molecule has 0 bridgehead atoms. The van der Waals surface area contributed by atoms with Crippen LogP contribution in [0.2, 0.25) is 0 Å². The number of benzene rings is 1. The monoisotopic (exact) mass is 343 g/mol. The summed E-state index contributed by atoms with van der Waals surface area (Å²) in [5, 5.41) is 0. The maximum absolute atomic E-state index is 12.9. The summed E-state index contributed by atoms with van der Waals surface area (Å²) in [5.74, 6) is -2.68. The number of rotatable bonds is 5. The Balaban J connectivity index is 1.89.